The molecule has 1 N–H and O–H groups in total. The van der Waals surface area contributed by atoms with Gasteiger partial charge in [-0.15, -0.1) is 0 Å². The van der Waals surface area contributed by atoms with Crippen LogP contribution in [0.15, 0.2) is 42.5 Å². The summed E-state index contributed by atoms with van der Waals surface area (Å²) in [5.74, 6) is 0.963. The van der Waals surface area contributed by atoms with E-state index in [0.717, 1.165) is 18.7 Å². The molecule has 1 unspecified atom stereocenters. The van der Waals surface area contributed by atoms with E-state index in [1.807, 2.05) is 12.1 Å². The van der Waals surface area contributed by atoms with Crippen LogP contribution in [0.4, 0.5) is 0 Å². The van der Waals surface area contributed by atoms with Crippen molar-refractivity contribution in [1.82, 2.24) is 5.32 Å². The van der Waals surface area contributed by atoms with Crippen LogP contribution < -0.4 is 10.1 Å². The van der Waals surface area contributed by atoms with Crippen LogP contribution in [0.5, 0.6) is 5.75 Å². The van der Waals surface area contributed by atoms with Crippen molar-refractivity contribution in [2.45, 2.75) is 33.2 Å². The first-order valence-corrected chi connectivity index (χ1v) is 7.57. The van der Waals surface area contributed by atoms with Crippen molar-refractivity contribution in [1.29, 1.82) is 0 Å². The Bertz CT molecular complexity index is 572. The molecule has 1 atom stereocenters. The predicted molar refractivity (Wildman–Crippen MR) is 89.0 cm³/mol. The largest absolute Gasteiger partial charge is 0.496 e. The summed E-state index contributed by atoms with van der Waals surface area (Å²) in [6, 6.07) is 15.3. The summed E-state index contributed by atoms with van der Waals surface area (Å²) in [7, 11) is 1.73. The van der Waals surface area contributed by atoms with Gasteiger partial charge in [0.15, 0.2) is 0 Å². The minimum Gasteiger partial charge on any atom is -0.496 e. The Balaban J connectivity index is 2.30. The molecule has 0 fully saturated rings. The van der Waals surface area contributed by atoms with Gasteiger partial charge < -0.3 is 10.1 Å². The fourth-order valence-corrected chi connectivity index (χ4v) is 2.86. The summed E-state index contributed by atoms with van der Waals surface area (Å²) in [5, 5.41) is 3.60. The third-order valence-corrected chi connectivity index (χ3v) is 3.71. The molecule has 2 rings (SSSR count). The summed E-state index contributed by atoms with van der Waals surface area (Å²) in [5.41, 5.74) is 5.21. The number of benzene rings is 2. The number of hydrogen-bond donors (Lipinski definition) is 1. The first-order chi connectivity index (χ1) is 10.1. The number of rotatable bonds is 6. The fraction of sp³-hybridized carbons (Fsp3) is 0.368. The van der Waals surface area contributed by atoms with Crippen molar-refractivity contribution in [3.8, 4) is 5.75 Å². The van der Waals surface area contributed by atoms with Crippen molar-refractivity contribution >= 4 is 0 Å². The van der Waals surface area contributed by atoms with E-state index in [-0.39, 0.29) is 0 Å². The molecule has 0 bridgehead atoms. The second-order valence-electron chi connectivity index (χ2n) is 5.55. The Morgan fingerprint density at radius 1 is 1.05 bits per heavy atom. The molecule has 112 valence electrons. The highest BCUT2D eigenvalue weighted by molar-refractivity contribution is 5.37. The maximum Gasteiger partial charge on any atom is 0.122 e. The van der Waals surface area contributed by atoms with Gasteiger partial charge >= 0.3 is 0 Å². The lowest BCUT2D eigenvalue weighted by molar-refractivity contribution is 0.405. The second kappa shape index (κ2) is 7.28. The summed E-state index contributed by atoms with van der Waals surface area (Å²) in [6.07, 6.45) is 0.931. The first kappa shape index (κ1) is 15.6. The van der Waals surface area contributed by atoms with Gasteiger partial charge in [-0.25, -0.2) is 0 Å². The number of likely N-dealkylation sites (N-methyl/N-ethyl adjacent to an activating group) is 1. The molecule has 0 saturated heterocycles. The van der Waals surface area contributed by atoms with Gasteiger partial charge in [-0.3, -0.25) is 0 Å². The van der Waals surface area contributed by atoms with Crippen LogP contribution in [0.2, 0.25) is 0 Å². The number of aryl methyl sites for hydroxylation is 2. The molecule has 0 spiro atoms. The van der Waals surface area contributed by atoms with E-state index in [4.69, 9.17) is 4.74 Å². The summed E-state index contributed by atoms with van der Waals surface area (Å²) in [4.78, 5) is 0. The summed E-state index contributed by atoms with van der Waals surface area (Å²) < 4.78 is 5.48. The van der Waals surface area contributed by atoms with E-state index in [9.17, 15) is 0 Å². The Hall–Kier alpha value is -1.80. The Morgan fingerprint density at radius 3 is 2.33 bits per heavy atom. The quantitative estimate of drug-likeness (QED) is 0.857. The number of ether oxygens (including phenoxy) is 1. The molecule has 0 radical (unpaired) electrons. The van der Waals surface area contributed by atoms with Crippen molar-refractivity contribution in [2.75, 3.05) is 13.7 Å². The molecule has 2 aromatic carbocycles. The molecule has 0 amide bonds. The van der Waals surface area contributed by atoms with Gasteiger partial charge in [0.05, 0.1) is 7.11 Å². The van der Waals surface area contributed by atoms with Gasteiger partial charge in [-0.2, -0.15) is 0 Å². The number of nitrogens with one attached hydrogen (secondary N) is 1. The standard InChI is InChI=1S/C19H25NO/c1-5-20-18(17-11-14(2)10-15(3)12-17)13-16-8-6-7-9-19(16)21-4/h6-12,18,20H,5,13H2,1-4H3. The minimum atomic E-state index is 0.310. The molecule has 0 aliphatic carbocycles. The normalized spacial score (nSPS) is 12.2. The molecule has 0 aliphatic rings. The second-order valence-corrected chi connectivity index (χ2v) is 5.55. The zero-order valence-corrected chi connectivity index (χ0v) is 13.4. The van der Waals surface area contributed by atoms with E-state index >= 15 is 0 Å². The highest BCUT2D eigenvalue weighted by atomic mass is 16.5. The van der Waals surface area contributed by atoms with Crippen LogP contribution in [0, 0.1) is 13.8 Å². The van der Waals surface area contributed by atoms with Crippen molar-refractivity contribution in [2.24, 2.45) is 0 Å². The molecule has 2 aromatic rings. The topological polar surface area (TPSA) is 21.3 Å². The zero-order chi connectivity index (χ0) is 15.2. The first-order valence-electron chi connectivity index (χ1n) is 7.57. The monoisotopic (exact) mass is 283 g/mol. The SMILES string of the molecule is CCNC(Cc1ccccc1OC)c1cc(C)cc(C)c1. The number of methoxy groups -OCH3 is 1. The molecule has 21 heavy (non-hydrogen) atoms. The highest BCUT2D eigenvalue weighted by Crippen LogP contribution is 2.26. The van der Waals surface area contributed by atoms with Gasteiger partial charge in [0.2, 0.25) is 0 Å². The van der Waals surface area contributed by atoms with Crippen LogP contribution in [0.1, 0.15) is 35.2 Å². The molecule has 0 aliphatic heterocycles. The third kappa shape index (κ3) is 4.08. The molecular weight excluding hydrogens is 258 g/mol. The average molecular weight is 283 g/mol. The Morgan fingerprint density at radius 2 is 1.71 bits per heavy atom. The van der Waals surface area contributed by atoms with Crippen LogP contribution in [0.25, 0.3) is 0 Å². The maximum absolute atomic E-state index is 5.48. The van der Waals surface area contributed by atoms with E-state index in [2.05, 4.69) is 56.4 Å². The molecule has 2 nitrogen and oxygen atoms in total. The minimum absolute atomic E-state index is 0.310. The zero-order valence-electron chi connectivity index (χ0n) is 13.4. The molecular formula is C19H25NO. The predicted octanol–water partition coefficient (Wildman–Crippen LogP) is 4.21. The molecule has 0 saturated carbocycles. The lowest BCUT2D eigenvalue weighted by Gasteiger charge is -2.21. The van der Waals surface area contributed by atoms with Gasteiger partial charge in [0.1, 0.15) is 5.75 Å². The smallest absolute Gasteiger partial charge is 0.122 e. The van der Waals surface area contributed by atoms with Crippen LogP contribution in [0.3, 0.4) is 0 Å². The van der Waals surface area contributed by atoms with Crippen LogP contribution in [-0.2, 0) is 6.42 Å². The van der Waals surface area contributed by atoms with Crippen LogP contribution in [-0.4, -0.2) is 13.7 Å². The van der Waals surface area contributed by atoms with Crippen molar-refractivity contribution in [3.05, 3.63) is 64.7 Å². The maximum atomic E-state index is 5.48. The Labute approximate surface area is 128 Å². The number of hydrogen-bond acceptors (Lipinski definition) is 2. The van der Waals surface area contributed by atoms with E-state index in [1.165, 1.54) is 22.3 Å². The third-order valence-electron chi connectivity index (χ3n) is 3.71. The van der Waals surface area contributed by atoms with Crippen LogP contribution >= 0.6 is 0 Å². The van der Waals surface area contributed by atoms with E-state index in [0.29, 0.717) is 6.04 Å². The average Bonchev–Trinajstić information content (AvgIpc) is 2.46. The van der Waals surface area contributed by atoms with Gasteiger partial charge in [-0.1, -0.05) is 54.4 Å². The molecule has 0 aromatic heterocycles. The van der Waals surface area contributed by atoms with Crippen molar-refractivity contribution < 1.29 is 4.74 Å². The highest BCUT2D eigenvalue weighted by Gasteiger charge is 2.14. The molecule has 2 heteroatoms. The van der Waals surface area contributed by atoms with E-state index < -0.39 is 0 Å². The molecule has 0 heterocycles. The summed E-state index contributed by atoms with van der Waals surface area (Å²) in [6.45, 7) is 7.41. The van der Waals surface area contributed by atoms with Gasteiger partial charge in [0.25, 0.3) is 0 Å². The van der Waals surface area contributed by atoms with Gasteiger partial charge in [-0.05, 0) is 44.0 Å². The van der Waals surface area contributed by atoms with E-state index in [1.54, 1.807) is 7.11 Å². The lowest BCUT2D eigenvalue weighted by Crippen LogP contribution is -2.23. The van der Waals surface area contributed by atoms with Crippen molar-refractivity contribution in [3.63, 3.8) is 0 Å². The van der Waals surface area contributed by atoms with Gasteiger partial charge in [0, 0.05) is 6.04 Å². The number of para-hydroxylation sites is 1. The fourth-order valence-electron chi connectivity index (χ4n) is 2.86. The lowest BCUT2D eigenvalue weighted by atomic mass is 9.95. The summed E-state index contributed by atoms with van der Waals surface area (Å²) >= 11 is 0. The Kier molecular flexibility index (Phi) is 5.40.